The van der Waals surface area contributed by atoms with Crippen LogP contribution in [-0.2, 0) is 26.1 Å². The summed E-state index contributed by atoms with van der Waals surface area (Å²) in [7, 11) is -3.63. The Balaban J connectivity index is 1.75. The van der Waals surface area contributed by atoms with Crippen molar-refractivity contribution in [2.75, 3.05) is 13.2 Å². The largest absolute Gasteiger partial charge is 0.478 e. The first-order chi connectivity index (χ1) is 13.0. The minimum absolute atomic E-state index is 0.0611. The molecule has 1 aromatic heterocycles. The summed E-state index contributed by atoms with van der Waals surface area (Å²) in [6, 6.07) is 13.3. The molecule has 3 rings (SSSR count). The van der Waals surface area contributed by atoms with Gasteiger partial charge in [0.05, 0.1) is 17.8 Å². The topological polar surface area (TPSA) is 94.8 Å². The Kier molecular flexibility index (Phi) is 5.78. The Hall–Kier alpha value is -2.84. The van der Waals surface area contributed by atoms with Crippen molar-refractivity contribution in [1.82, 2.24) is 4.72 Å². The maximum atomic E-state index is 12.4. The quantitative estimate of drug-likeness (QED) is 0.595. The fourth-order valence-corrected chi connectivity index (χ4v) is 3.56. The molecule has 0 unspecified atom stereocenters. The molecule has 0 aliphatic rings. The average molecular weight is 389 g/mol. The lowest BCUT2D eigenvalue weighted by Gasteiger charge is -2.07. The summed E-state index contributed by atoms with van der Waals surface area (Å²) in [6.07, 6.45) is 1.47. The summed E-state index contributed by atoms with van der Waals surface area (Å²) in [5.74, 6) is -0.0883. The molecule has 2 aromatic carbocycles. The van der Waals surface area contributed by atoms with E-state index < -0.39 is 16.0 Å². The Morgan fingerprint density at radius 1 is 1.11 bits per heavy atom. The van der Waals surface area contributed by atoms with Gasteiger partial charge in [0.2, 0.25) is 10.0 Å². The molecule has 0 aliphatic carbocycles. The predicted octanol–water partition coefficient (Wildman–Crippen LogP) is 2.85. The number of esters is 1. The molecule has 1 N–H and O–H groups in total. The summed E-state index contributed by atoms with van der Waals surface area (Å²) >= 11 is 0. The minimum atomic E-state index is -3.63. The van der Waals surface area contributed by atoms with Gasteiger partial charge in [0.1, 0.15) is 0 Å². The number of fused-ring (bicyclic) bond motifs is 1. The van der Waals surface area contributed by atoms with Gasteiger partial charge in [-0.1, -0.05) is 30.3 Å². The van der Waals surface area contributed by atoms with Gasteiger partial charge in [-0.15, -0.1) is 0 Å². The highest BCUT2D eigenvalue weighted by Gasteiger charge is 2.16. The molecule has 0 bridgehead atoms. The standard InChI is InChI=1S/C19H19NO6S/c1-2-24-18(21)13-25-17-10-6-9-16-14(12-26-19(16)17)11-20-27(22,23)15-7-4-3-5-8-15/h3-10,12,20H,2,11,13H2,1H3. The summed E-state index contributed by atoms with van der Waals surface area (Å²) < 4.78 is 43.1. The number of para-hydroxylation sites is 1. The number of hydrogen-bond donors (Lipinski definition) is 1. The van der Waals surface area contributed by atoms with Crippen LogP contribution in [0.5, 0.6) is 5.75 Å². The highest BCUT2D eigenvalue weighted by Crippen LogP contribution is 2.30. The number of benzene rings is 2. The van der Waals surface area contributed by atoms with Gasteiger partial charge in [-0.2, -0.15) is 0 Å². The van der Waals surface area contributed by atoms with Crippen LogP contribution in [0.15, 0.2) is 64.1 Å². The van der Waals surface area contributed by atoms with Crippen LogP contribution in [0.1, 0.15) is 12.5 Å². The third-order valence-electron chi connectivity index (χ3n) is 3.80. The smallest absolute Gasteiger partial charge is 0.344 e. The molecule has 0 atom stereocenters. The lowest BCUT2D eigenvalue weighted by Crippen LogP contribution is -2.23. The van der Waals surface area contributed by atoms with Crippen LogP contribution in [0, 0.1) is 0 Å². The van der Waals surface area contributed by atoms with E-state index in [-0.39, 0.29) is 24.7 Å². The van der Waals surface area contributed by atoms with E-state index in [9.17, 15) is 13.2 Å². The minimum Gasteiger partial charge on any atom is -0.478 e. The van der Waals surface area contributed by atoms with Crippen molar-refractivity contribution in [3.63, 3.8) is 0 Å². The number of nitrogens with one attached hydrogen (secondary N) is 1. The number of hydrogen-bond acceptors (Lipinski definition) is 6. The van der Waals surface area contributed by atoms with Crippen LogP contribution in [0.25, 0.3) is 11.0 Å². The van der Waals surface area contributed by atoms with E-state index in [2.05, 4.69) is 4.72 Å². The molecule has 7 nitrogen and oxygen atoms in total. The zero-order valence-corrected chi connectivity index (χ0v) is 15.5. The average Bonchev–Trinajstić information content (AvgIpc) is 3.09. The molecule has 0 fully saturated rings. The van der Waals surface area contributed by atoms with E-state index in [1.54, 1.807) is 43.3 Å². The van der Waals surface area contributed by atoms with Crippen molar-refractivity contribution in [2.24, 2.45) is 0 Å². The first-order valence-electron chi connectivity index (χ1n) is 8.33. The van der Waals surface area contributed by atoms with Gasteiger partial charge in [-0.3, -0.25) is 0 Å². The molecule has 8 heteroatoms. The molecule has 3 aromatic rings. The van der Waals surface area contributed by atoms with Crippen molar-refractivity contribution in [1.29, 1.82) is 0 Å². The first-order valence-corrected chi connectivity index (χ1v) is 9.82. The van der Waals surface area contributed by atoms with Gasteiger partial charge < -0.3 is 13.9 Å². The zero-order valence-electron chi connectivity index (χ0n) is 14.7. The van der Waals surface area contributed by atoms with Crippen LogP contribution in [0.2, 0.25) is 0 Å². The lowest BCUT2D eigenvalue weighted by molar-refractivity contribution is -0.145. The van der Waals surface area contributed by atoms with Crippen LogP contribution in [0.4, 0.5) is 0 Å². The summed E-state index contributed by atoms with van der Waals surface area (Å²) in [4.78, 5) is 11.6. The van der Waals surface area contributed by atoms with Crippen molar-refractivity contribution < 1.29 is 27.1 Å². The van der Waals surface area contributed by atoms with Gasteiger partial charge in [-0.05, 0) is 25.1 Å². The SMILES string of the molecule is CCOC(=O)COc1cccc2c(CNS(=O)(=O)c3ccccc3)coc12. The maximum Gasteiger partial charge on any atom is 0.344 e. The molecule has 0 saturated carbocycles. The summed E-state index contributed by atoms with van der Waals surface area (Å²) in [5, 5.41) is 0.701. The van der Waals surface area contributed by atoms with E-state index in [0.717, 1.165) is 0 Å². The highest BCUT2D eigenvalue weighted by molar-refractivity contribution is 7.89. The van der Waals surface area contributed by atoms with Crippen molar-refractivity contribution in [3.05, 3.63) is 60.4 Å². The van der Waals surface area contributed by atoms with E-state index in [1.165, 1.54) is 18.4 Å². The van der Waals surface area contributed by atoms with Crippen molar-refractivity contribution >= 4 is 27.0 Å². The van der Waals surface area contributed by atoms with Gasteiger partial charge in [0.15, 0.2) is 17.9 Å². The molecule has 0 saturated heterocycles. The third-order valence-corrected chi connectivity index (χ3v) is 5.22. The Morgan fingerprint density at radius 2 is 1.89 bits per heavy atom. The number of sulfonamides is 1. The second-order valence-electron chi connectivity index (χ2n) is 5.63. The molecular formula is C19H19NO6S. The van der Waals surface area contributed by atoms with Crippen LogP contribution in [-0.4, -0.2) is 27.6 Å². The summed E-state index contributed by atoms with van der Waals surface area (Å²) in [5.41, 5.74) is 1.10. The monoisotopic (exact) mass is 389 g/mol. The van der Waals surface area contributed by atoms with Gasteiger partial charge in [0, 0.05) is 17.5 Å². The van der Waals surface area contributed by atoms with Crippen LogP contribution >= 0.6 is 0 Å². The van der Waals surface area contributed by atoms with Gasteiger partial charge >= 0.3 is 5.97 Å². The van der Waals surface area contributed by atoms with E-state index in [0.29, 0.717) is 22.3 Å². The fraction of sp³-hybridized carbons (Fsp3) is 0.211. The molecule has 142 valence electrons. The molecular weight excluding hydrogens is 370 g/mol. The Morgan fingerprint density at radius 3 is 2.63 bits per heavy atom. The number of furan rings is 1. The normalized spacial score (nSPS) is 11.4. The van der Waals surface area contributed by atoms with Gasteiger partial charge in [0.25, 0.3) is 0 Å². The molecule has 0 spiro atoms. The van der Waals surface area contributed by atoms with Gasteiger partial charge in [-0.25, -0.2) is 17.9 Å². The second kappa shape index (κ2) is 8.24. The van der Waals surface area contributed by atoms with E-state index >= 15 is 0 Å². The number of rotatable bonds is 8. The second-order valence-corrected chi connectivity index (χ2v) is 7.39. The number of ether oxygens (including phenoxy) is 2. The summed E-state index contributed by atoms with van der Waals surface area (Å²) in [6.45, 7) is 1.82. The predicted molar refractivity (Wildman–Crippen MR) is 98.8 cm³/mol. The van der Waals surface area contributed by atoms with Crippen LogP contribution in [0.3, 0.4) is 0 Å². The molecule has 0 amide bonds. The lowest BCUT2D eigenvalue weighted by atomic mass is 10.2. The molecule has 1 heterocycles. The van der Waals surface area contributed by atoms with Crippen LogP contribution < -0.4 is 9.46 Å². The Labute approximate surface area is 156 Å². The maximum absolute atomic E-state index is 12.4. The van der Waals surface area contributed by atoms with Crippen molar-refractivity contribution in [3.8, 4) is 5.75 Å². The van der Waals surface area contributed by atoms with Crippen molar-refractivity contribution in [2.45, 2.75) is 18.4 Å². The zero-order chi connectivity index (χ0) is 19.3. The van der Waals surface area contributed by atoms with E-state index in [4.69, 9.17) is 13.9 Å². The molecule has 27 heavy (non-hydrogen) atoms. The first kappa shape index (κ1) is 18.9. The molecule has 0 radical (unpaired) electrons. The fourth-order valence-electron chi connectivity index (χ4n) is 2.53. The highest BCUT2D eigenvalue weighted by atomic mass is 32.2. The third kappa shape index (κ3) is 4.47. The number of carbonyl (C=O) groups is 1. The van der Waals surface area contributed by atoms with E-state index in [1.807, 2.05) is 0 Å². The number of carbonyl (C=O) groups excluding carboxylic acids is 1. The molecule has 0 aliphatic heterocycles. The Bertz CT molecular complexity index is 1030.